The number of urea groups is 1. The Kier molecular flexibility index (Phi) is 5.37. The van der Waals surface area contributed by atoms with Gasteiger partial charge in [0.2, 0.25) is 0 Å². The molecule has 7 heteroatoms. The fourth-order valence-corrected chi connectivity index (χ4v) is 4.47. The Bertz CT molecular complexity index is 407. The number of carbonyl (C=O) groups is 2. The Morgan fingerprint density at radius 1 is 1.33 bits per heavy atom. The number of carboxylic acid groups (broad SMARTS) is 1. The van der Waals surface area contributed by atoms with E-state index >= 15 is 0 Å². The lowest BCUT2D eigenvalue weighted by atomic mass is 10.2. The van der Waals surface area contributed by atoms with Crippen LogP contribution in [0.1, 0.15) is 26.7 Å². The van der Waals surface area contributed by atoms with Crippen LogP contribution in [0, 0.1) is 0 Å². The molecule has 0 spiro atoms. The van der Waals surface area contributed by atoms with E-state index in [1.165, 1.54) is 0 Å². The highest BCUT2D eigenvalue weighted by molar-refractivity contribution is 8.00. The standard InChI is InChI=1S/C14H25N3O3S/c1-4-12-17(11(9-21-12)13(18)19)14(20)16-7-5-6-15(3)8-10(16)2/h10-12H,4-9H2,1-3H3,(H,18,19). The van der Waals surface area contributed by atoms with Crippen LogP contribution in [0.4, 0.5) is 4.79 Å². The van der Waals surface area contributed by atoms with Crippen molar-refractivity contribution < 1.29 is 14.7 Å². The van der Waals surface area contributed by atoms with Gasteiger partial charge >= 0.3 is 12.0 Å². The largest absolute Gasteiger partial charge is 0.480 e. The normalized spacial score (nSPS) is 31.3. The lowest BCUT2D eigenvalue weighted by molar-refractivity contribution is -0.141. The molecular formula is C14H25N3O3S. The topological polar surface area (TPSA) is 64.1 Å². The summed E-state index contributed by atoms with van der Waals surface area (Å²) in [4.78, 5) is 30.0. The SMILES string of the molecule is CCC1SCC(C(=O)O)N1C(=O)N1CCCN(C)CC1C. The van der Waals surface area contributed by atoms with Crippen LogP contribution in [0.2, 0.25) is 0 Å². The van der Waals surface area contributed by atoms with Crippen LogP contribution in [0.25, 0.3) is 0 Å². The molecule has 21 heavy (non-hydrogen) atoms. The van der Waals surface area contributed by atoms with Crippen LogP contribution in [-0.4, -0.2) is 81.7 Å². The van der Waals surface area contributed by atoms with Gasteiger partial charge in [-0.05, 0) is 33.4 Å². The van der Waals surface area contributed by atoms with Crippen molar-refractivity contribution in [3.8, 4) is 0 Å². The van der Waals surface area contributed by atoms with Gasteiger partial charge in [-0.2, -0.15) is 0 Å². The van der Waals surface area contributed by atoms with Crippen LogP contribution in [0.15, 0.2) is 0 Å². The third-order valence-electron chi connectivity index (χ3n) is 4.24. The summed E-state index contributed by atoms with van der Waals surface area (Å²) < 4.78 is 0. The number of carbonyl (C=O) groups excluding carboxylic acids is 1. The number of rotatable bonds is 2. The van der Waals surface area contributed by atoms with Crippen LogP contribution in [0.5, 0.6) is 0 Å². The van der Waals surface area contributed by atoms with Crippen molar-refractivity contribution in [3.05, 3.63) is 0 Å². The third kappa shape index (κ3) is 3.45. The number of carboxylic acids is 1. The van der Waals surface area contributed by atoms with Crippen LogP contribution < -0.4 is 0 Å². The van der Waals surface area contributed by atoms with Gasteiger partial charge in [0.25, 0.3) is 0 Å². The lowest BCUT2D eigenvalue weighted by Crippen LogP contribution is -2.54. The minimum Gasteiger partial charge on any atom is -0.480 e. The number of hydrogen-bond acceptors (Lipinski definition) is 4. The highest BCUT2D eigenvalue weighted by atomic mass is 32.2. The van der Waals surface area contributed by atoms with E-state index in [1.807, 2.05) is 18.7 Å². The molecule has 3 unspecified atom stereocenters. The molecule has 2 aliphatic heterocycles. The summed E-state index contributed by atoms with van der Waals surface area (Å²) in [5, 5.41) is 9.35. The molecule has 0 saturated carbocycles. The first kappa shape index (κ1) is 16.4. The molecule has 0 aromatic carbocycles. The summed E-state index contributed by atoms with van der Waals surface area (Å²) in [5.41, 5.74) is 0. The smallest absolute Gasteiger partial charge is 0.327 e. The van der Waals surface area contributed by atoms with Crippen molar-refractivity contribution >= 4 is 23.8 Å². The zero-order chi connectivity index (χ0) is 15.6. The van der Waals surface area contributed by atoms with E-state index in [4.69, 9.17) is 0 Å². The van der Waals surface area contributed by atoms with Crippen molar-refractivity contribution in [1.29, 1.82) is 0 Å². The minimum atomic E-state index is -0.897. The number of thioether (sulfide) groups is 1. The Balaban J connectivity index is 2.17. The van der Waals surface area contributed by atoms with Gasteiger partial charge in [-0.1, -0.05) is 6.92 Å². The van der Waals surface area contributed by atoms with Crippen molar-refractivity contribution in [2.75, 3.05) is 32.4 Å². The zero-order valence-corrected chi connectivity index (χ0v) is 13.8. The maximum Gasteiger partial charge on any atom is 0.327 e. The summed E-state index contributed by atoms with van der Waals surface area (Å²) in [5.74, 6) is -0.409. The molecule has 0 aromatic heterocycles. The van der Waals surface area contributed by atoms with E-state index in [0.717, 1.165) is 25.9 Å². The molecule has 0 bridgehead atoms. The molecule has 120 valence electrons. The number of nitrogens with zero attached hydrogens (tertiary/aromatic N) is 3. The molecule has 2 rings (SSSR count). The van der Waals surface area contributed by atoms with Gasteiger partial charge in [-0.3, -0.25) is 4.90 Å². The van der Waals surface area contributed by atoms with Gasteiger partial charge < -0.3 is 14.9 Å². The molecular weight excluding hydrogens is 290 g/mol. The fraction of sp³-hybridized carbons (Fsp3) is 0.857. The van der Waals surface area contributed by atoms with Crippen molar-refractivity contribution in [2.24, 2.45) is 0 Å². The molecule has 2 amide bonds. The van der Waals surface area contributed by atoms with Crippen LogP contribution in [0.3, 0.4) is 0 Å². The maximum absolute atomic E-state index is 12.9. The summed E-state index contributed by atoms with van der Waals surface area (Å²) in [6.07, 6.45) is 1.71. The molecule has 2 saturated heterocycles. The van der Waals surface area contributed by atoms with E-state index in [-0.39, 0.29) is 17.4 Å². The Labute approximate surface area is 130 Å². The second-order valence-electron chi connectivity index (χ2n) is 5.90. The van der Waals surface area contributed by atoms with Gasteiger partial charge in [0.15, 0.2) is 0 Å². The molecule has 1 N–H and O–H groups in total. The number of hydrogen-bond donors (Lipinski definition) is 1. The van der Waals surface area contributed by atoms with E-state index in [9.17, 15) is 14.7 Å². The molecule has 2 heterocycles. The molecule has 3 atom stereocenters. The number of amides is 2. The van der Waals surface area contributed by atoms with Gasteiger partial charge in [-0.15, -0.1) is 11.8 Å². The van der Waals surface area contributed by atoms with Crippen molar-refractivity contribution in [2.45, 2.75) is 44.1 Å². The molecule has 2 aliphatic rings. The summed E-state index contributed by atoms with van der Waals surface area (Å²) in [7, 11) is 2.06. The first-order valence-electron chi connectivity index (χ1n) is 7.57. The fourth-order valence-electron chi connectivity index (χ4n) is 3.13. The summed E-state index contributed by atoms with van der Waals surface area (Å²) in [6, 6.07) is -0.690. The monoisotopic (exact) mass is 315 g/mol. The minimum absolute atomic E-state index is 0.0215. The third-order valence-corrected chi connectivity index (χ3v) is 5.69. The average Bonchev–Trinajstić information content (AvgIpc) is 2.79. The Hall–Kier alpha value is -0.950. The van der Waals surface area contributed by atoms with Crippen molar-refractivity contribution in [3.63, 3.8) is 0 Å². The number of aliphatic carboxylic acids is 1. The molecule has 0 radical (unpaired) electrons. The summed E-state index contributed by atoms with van der Waals surface area (Å²) in [6.45, 7) is 6.55. The van der Waals surface area contributed by atoms with E-state index in [1.54, 1.807) is 16.7 Å². The van der Waals surface area contributed by atoms with Gasteiger partial charge in [-0.25, -0.2) is 9.59 Å². The molecule has 6 nitrogen and oxygen atoms in total. The first-order valence-corrected chi connectivity index (χ1v) is 8.62. The second-order valence-corrected chi connectivity index (χ2v) is 7.11. The van der Waals surface area contributed by atoms with Crippen LogP contribution in [-0.2, 0) is 4.79 Å². The highest BCUT2D eigenvalue weighted by Crippen LogP contribution is 2.32. The quantitative estimate of drug-likeness (QED) is 0.834. The Morgan fingerprint density at radius 2 is 2.05 bits per heavy atom. The van der Waals surface area contributed by atoms with Crippen molar-refractivity contribution in [1.82, 2.24) is 14.7 Å². The van der Waals surface area contributed by atoms with Gasteiger partial charge in [0.1, 0.15) is 6.04 Å². The van der Waals surface area contributed by atoms with Gasteiger partial charge in [0, 0.05) is 24.9 Å². The summed E-state index contributed by atoms with van der Waals surface area (Å²) >= 11 is 1.57. The first-order chi connectivity index (χ1) is 9.95. The molecule has 0 aromatic rings. The molecule has 0 aliphatic carbocycles. The predicted molar refractivity (Wildman–Crippen MR) is 83.5 cm³/mol. The Morgan fingerprint density at radius 3 is 2.67 bits per heavy atom. The van der Waals surface area contributed by atoms with E-state index in [0.29, 0.717) is 12.3 Å². The lowest BCUT2D eigenvalue weighted by Gasteiger charge is -2.35. The highest BCUT2D eigenvalue weighted by Gasteiger charge is 2.43. The average molecular weight is 315 g/mol. The van der Waals surface area contributed by atoms with Gasteiger partial charge in [0.05, 0.1) is 5.37 Å². The maximum atomic E-state index is 12.9. The predicted octanol–water partition coefficient (Wildman–Crippen LogP) is 1.37. The molecule has 2 fully saturated rings. The zero-order valence-electron chi connectivity index (χ0n) is 13.0. The number of likely N-dealkylation sites (N-methyl/N-ethyl adjacent to an activating group) is 1. The van der Waals surface area contributed by atoms with E-state index in [2.05, 4.69) is 11.9 Å². The second kappa shape index (κ2) is 6.87. The van der Waals surface area contributed by atoms with Crippen LogP contribution >= 0.6 is 11.8 Å². The van der Waals surface area contributed by atoms with E-state index < -0.39 is 12.0 Å².